The van der Waals surface area contributed by atoms with Crippen LogP contribution in [0.3, 0.4) is 0 Å². The molecule has 0 bridgehead atoms. The van der Waals surface area contributed by atoms with E-state index in [0.717, 1.165) is 13.0 Å². The summed E-state index contributed by atoms with van der Waals surface area (Å²) in [5.41, 5.74) is 8.45. The molecule has 2 aromatic heterocycles. The predicted molar refractivity (Wildman–Crippen MR) is 127 cm³/mol. The Kier molecular flexibility index (Phi) is 6.65. The van der Waals surface area contributed by atoms with Crippen LogP contribution in [0.1, 0.15) is 28.7 Å². The molecule has 0 radical (unpaired) electrons. The van der Waals surface area contributed by atoms with Crippen LogP contribution in [0.5, 0.6) is 5.75 Å². The van der Waals surface area contributed by atoms with Gasteiger partial charge in [0.05, 0.1) is 34.0 Å². The number of anilines is 2. The number of halogens is 2. The molecule has 0 saturated carbocycles. The fourth-order valence-electron chi connectivity index (χ4n) is 3.54. The summed E-state index contributed by atoms with van der Waals surface area (Å²) >= 11 is 12.3. The average Bonchev–Trinajstić information content (AvgIpc) is 2.79. The quantitative estimate of drug-likeness (QED) is 0.344. The molecule has 33 heavy (non-hydrogen) atoms. The van der Waals surface area contributed by atoms with Gasteiger partial charge in [0, 0.05) is 47.5 Å². The van der Waals surface area contributed by atoms with E-state index < -0.39 is 0 Å². The van der Waals surface area contributed by atoms with Crippen molar-refractivity contribution in [3.63, 3.8) is 0 Å². The van der Waals surface area contributed by atoms with Gasteiger partial charge in [0.15, 0.2) is 0 Å². The van der Waals surface area contributed by atoms with Crippen molar-refractivity contribution in [1.82, 2.24) is 9.97 Å². The topological polar surface area (TPSA) is 132 Å². The molecule has 1 atom stereocenters. The summed E-state index contributed by atoms with van der Waals surface area (Å²) in [7, 11) is 0. The zero-order valence-corrected chi connectivity index (χ0v) is 18.9. The normalized spacial score (nSPS) is 15.0. The van der Waals surface area contributed by atoms with Crippen LogP contribution in [0, 0.1) is 16.7 Å². The van der Waals surface area contributed by atoms with Gasteiger partial charge < -0.3 is 20.5 Å². The van der Waals surface area contributed by atoms with Gasteiger partial charge in [-0.05, 0) is 30.7 Å². The summed E-state index contributed by atoms with van der Waals surface area (Å²) in [5, 5.41) is 28.5. The minimum absolute atomic E-state index is 0.00334. The van der Waals surface area contributed by atoms with Crippen LogP contribution in [0.4, 0.5) is 11.5 Å². The number of hydrogen-bond acceptors (Lipinski definition) is 8. The van der Waals surface area contributed by atoms with E-state index in [9.17, 15) is 10.4 Å². The number of nitriles is 1. The first-order chi connectivity index (χ1) is 15.9. The summed E-state index contributed by atoms with van der Waals surface area (Å²) in [6.45, 7) is 0.846. The number of hydrogen-bond donors (Lipinski definition) is 3. The van der Waals surface area contributed by atoms with Gasteiger partial charge in [-0.15, -0.1) is 0 Å². The lowest BCUT2D eigenvalue weighted by atomic mass is 9.99. The van der Waals surface area contributed by atoms with Crippen molar-refractivity contribution in [2.75, 3.05) is 23.8 Å². The Bertz CT molecular complexity index is 1240. The summed E-state index contributed by atoms with van der Waals surface area (Å²) in [6.07, 6.45) is 5.36. The van der Waals surface area contributed by atoms with Gasteiger partial charge in [-0.2, -0.15) is 5.26 Å². The number of pyridine rings is 2. The number of aliphatic hydroxyl groups is 1. The Labute approximate surface area is 200 Å². The third-order valence-electron chi connectivity index (χ3n) is 5.53. The fourth-order valence-corrected chi connectivity index (χ4v) is 4.02. The van der Waals surface area contributed by atoms with Crippen LogP contribution in [0.15, 0.2) is 42.9 Å². The Hall–Kier alpha value is -3.38. The summed E-state index contributed by atoms with van der Waals surface area (Å²) in [5.74, 6) is 0.986. The average molecular weight is 483 g/mol. The van der Waals surface area contributed by atoms with Crippen molar-refractivity contribution in [2.24, 2.45) is 0 Å². The Morgan fingerprint density at radius 1 is 1.27 bits per heavy atom. The number of nitrogens with one attached hydrogen (secondary N) is 1. The van der Waals surface area contributed by atoms with Crippen LogP contribution >= 0.6 is 23.2 Å². The molecule has 3 heterocycles. The molecular weight excluding hydrogens is 463 g/mol. The molecule has 8 nitrogen and oxygen atoms in total. The second kappa shape index (κ2) is 9.63. The molecule has 10 heteroatoms. The van der Waals surface area contributed by atoms with E-state index in [0.29, 0.717) is 49.6 Å². The Morgan fingerprint density at radius 3 is 2.67 bits per heavy atom. The maximum Gasteiger partial charge on any atom is 0.146 e. The number of aromatic nitrogens is 2. The van der Waals surface area contributed by atoms with E-state index in [1.807, 2.05) is 4.90 Å². The minimum atomic E-state index is -0.0400. The highest BCUT2D eigenvalue weighted by molar-refractivity contribution is 6.35. The Morgan fingerprint density at radius 2 is 2.03 bits per heavy atom. The summed E-state index contributed by atoms with van der Waals surface area (Å²) in [6, 6.07) is 8.70. The number of nitrogen functional groups attached to an aromatic ring is 1. The first-order valence-corrected chi connectivity index (χ1v) is 10.9. The van der Waals surface area contributed by atoms with Gasteiger partial charge >= 0.3 is 0 Å². The molecule has 1 unspecified atom stereocenters. The first-order valence-electron chi connectivity index (χ1n) is 10.1. The smallest absolute Gasteiger partial charge is 0.146 e. The standard InChI is InChI=1S/C23H20Cl2N6O2/c24-19-9-29-10-20(25)18(19)12-33-16-1-2-21(27)17(6-16)22(28)14-5-13(7-26)23(30-8-14)31-4-3-15(31)11-32/h1-2,5-6,8-10,15,28,32H,3-4,11-12,27H2. The minimum Gasteiger partial charge on any atom is -0.489 e. The van der Waals surface area contributed by atoms with Gasteiger partial charge in [0.2, 0.25) is 0 Å². The maximum absolute atomic E-state index is 9.62. The van der Waals surface area contributed by atoms with Gasteiger partial charge in [-0.3, -0.25) is 10.4 Å². The van der Waals surface area contributed by atoms with Gasteiger partial charge in [0.25, 0.3) is 0 Å². The molecule has 1 aliphatic heterocycles. The molecule has 4 rings (SSSR count). The number of benzene rings is 1. The summed E-state index contributed by atoms with van der Waals surface area (Å²) in [4.78, 5) is 10.2. The molecule has 1 aliphatic rings. The van der Waals surface area contributed by atoms with Crippen molar-refractivity contribution in [3.05, 3.63) is 75.2 Å². The van der Waals surface area contributed by atoms with Crippen molar-refractivity contribution < 1.29 is 9.84 Å². The van der Waals surface area contributed by atoms with Crippen molar-refractivity contribution >= 4 is 40.4 Å². The van der Waals surface area contributed by atoms with Gasteiger partial charge in [0.1, 0.15) is 24.2 Å². The zero-order chi connectivity index (χ0) is 23.5. The lowest BCUT2D eigenvalue weighted by Crippen LogP contribution is -2.50. The van der Waals surface area contributed by atoms with Crippen LogP contribution in [0.2, 0.25) is 10.0 Å². The highest BCUT2D eigenvalue weighted by Crippen LogP contribution is 2.30. The second-order valence-corrected chi connectivity index (χ2v) is 8.33. The van der Waals surface area contributed by atoms with E-state index in [2.05, 4.69) is 16.0 Å². The molecule has 1 saturated heterocycles. The SMILES string of the molecule is N#Cc1cc(C(=N)c2cc(OCc3c(Cl)cncc3Cl)ccc2N)cnc1N1CCC1CO. The number of aliphatic hydroxyl groups excluding tert-OH is 1. The predicted octanol–water partition coefficient (Wildman–Crippen LogP) is 3.80. The van der Waals surface area contributed by atoms with Gasteiger partial charge in [-0.1, -0.05) is 23.2 Å². The van der Waals surface area contributed by atoms with E-state index >= 15 is 0 Å². The number of nitrogens with two attached hydrogens (primary N) is 1. The largest absolute Gasteiger partial charge is 0.489 e. The Balaban J connectivity index is 1.58. The molecular formula is C23H20Cl2N6O2. The molecule has 0 spiro atoms. The van der Waals surface area contributed by atoms with E-state index in [-0.39, 0.29) is 25.0 Å². The monoisotopic (exact) mass is 482 g/mol. The van der Waals surface area contributed by atoms with E-state index in [1.165, 1.54) is 18.6 Å². The molecule has 168 valence electrons. The van der Waals surface area contributed by atoms with Crippen molar-refractivity contribution in [3.8, 4) is 11.8 Å². The number of ether oxygens (including phenoxy) is 1. The lowest BCUT2D eigenvalue weighted by Gasteiger charge is -2.41. The van der Waals surface area contributed by atoms with Crippen molar-refractivity contribution in [2.45, 2.75) is 19.1 Å². The van der Waals surface area contributed by atoms with Crippen molar-refractivity contribution in [1.29, 1.82) is 10.7 Å². The maximum atomic E-state index is 9.62. The highest BCUT2D eigenvalue weighted by Gasteiger charge is 2.30. The highest BCUT2D eigenvalue weighted by atomic mass is 35.5. The summed E-state index contributed by atoms with van der Waals surface area (Å²) < 4.78 is 5.83. The van der Waals surface area contributed by atoms with Gasteiger partial charge in [-0.25, -0.2) is 4.98 Å². The first kappa shape index (κ1) is 22.8. The molecule has 3 aromatic rings. The lowest BCUT2D eigenvalue weighted by molar-refractivity contribution is 0.225. The molecule has 1 fully saturated rings. The third kappa shape index (κ3) is 4.57. The van der Waals surface area contributed by atoms with Crippen LogP contribution in [-0.2, 0) is 6.61 Å². The molecule has 4 N–H and O–H groups in total. The second-order valence-electron chi connectivity index (χ2n) is 7.52. The zero-order valence-electron chi connectivity index (χ0n) is 17.4. The molecule has 1 aromatic carbocycles. The fraction of sp³-hybridized carbons (Fsp3) is 0.217. The number of rotatable bonds is 7. The van der Waals surface area contributed by atoms with Crippen LogP contribution < -0.4 is 15.4 Å². The van der Waals surface area contributed by atoms with E-state index in [1.54, 1.807) is 24.3 Å². The molecule has 0 aliphatic carbocycles. The number of nitrogens with zero attached hydrogens (tertiary/aromatic N) is 4. The third-order valence-corrected chi connectivity index (χ3v) is 6.18. The van der Waals surface area contributed by atoms with E-state index in [4.69, 9.17) is 39.1 Å². The van der Waals surface area contributed by atoms with Crippen LogP contribution in [0.25, 0.3) is 0 Å². The molecule has 0 amide bonds. The van der Waals surface area contributed by atoms with Crippen LogP contribution in [-0.4, -0.2) is 40.0 Å².